The van der Waals surface area contributed by atoms with E-state index in [-0.39, 0.29) is 0 Å². The van der Waals surface area contributed by atoms with Gasteiger partial charge in [0.1, 0.15) is 8.07 Å². The second-order valence-corrected chi connectivity index (χ2v) is 20.1. The molecule has 10 aromatic rings. The molecule has 62 heavy (non-hydrogen) atoms. The lowest BCUT2D eigenvalue weighted by Gasteiger charge is -2.25. The van der Waals surface area contributed by atoms with E-state index in [0.29, 0.717) is 17.5 Å². The van der Waals surface area contributed by atoms with Crippen molar-refractivity contribution < 1.29 is 0 Å². The molecule has 11 rings (SSSR count). The normalized spacial score (nSPS) is 14.0. The predicted molar refractivity (Wildman–Crippen MR) is 260 cm³/mol. The highest BCUT2D eigenvalue weighted by molar-refractivity contribution is 7.13. The van der Waals surface area contributed by atoms with E-state index < -0.39 is 8.07 Å². The van der Waals surface area contributed by atoms with E-state index >= 15 is 0 Å². The standard InChI is InChI=1S/C58H41N3Si/c1-62(51-26-9-4-10-27-51)54-29-12-11-28-52(54)53-39-49(34-35-55(53)62)48-24-14-23-47(37-48)46-22-13-20-44(36-46)41-30-32-43(33-31-41)57-59-56(42-18-7-3-8-19-42)60-58(61-57)50-25-15-21-45(38-50)40-16-5-2-6-17-40/h2-39H,1H3. The van der Waals surface area contributed by atoms with Crippen molar-refractivity contribution in [3.8, 4) is 89.8 Å². The van der Waals surface area contributed by atoms with Crippen LogP contribution >= 0.6 is 0 Å². The molecule has 1 aliphatic rings. The second-order valence-electron chi connectivity index (χ2n) is 16.2. The molecule has 0 fully saturated rings. The van der Waals surface area contributed by atoms with Gasteiger partial charge in [0, 0.05) is 16.7 Å². The van der Waals surface area contributed by atoms with Crippen LogP contribution in [-0.4, -0.2) is 23.0 Å². The molecule has 0 N–H and O–H groups in total. The van der Waals surface area contributed by atoms with E-state index in [1.54, 1.807) is 0 Å². The molecule has 0 saturated heterocycles. The van der Waals surface area contributed by atoms with Crippen molar-refractivity contribution in [2.24, 2.45) is 0 Å². The zero-order chi connectivity index (χ0) is 41.5. The third kappa shape index (κ3) is 6.77. The molecule has 4 heteroatoms. The Labute approximate surface area is 363 Å². The molecule has 0 radical (unpaired) electrons. The van der Waals surface area contributed by atoms with Crippen molar-refractivity contribution in [2.75, 3.05) is 0 Å². The lowest BCUT2D eigenvalue weighted by Crippen LogP contribution is -2.62. The average Bonchev–Trinajstić information content (AvgIpc) is 3.62. The Balaban J connectivity index is 0.903. The number of fused-ring (bicyclic) bond motifs is 3. The Hall–Kier alpha value is -7.79. The summed E-state index contributed by atoms with van der Waals surface area (Å²) in [5.74, 6) is 1.92. The van der Waals surface area contributed by atoms with E-state index in [4.69, 9.17) is 15.0 Å². The van der Waals surface area contributed by atoms with Crippen molar-refractivity contribution in [2.45, 2.75) is 6.55 Å². The largest absolute Gasteiger partial charge is 0.208 e. The minimum Gasteiger partial charge on any atom is -0.208 e. The van der Waals surface area contributed by atoms with Gasteiger partial charge in [0.15, 0.2) is 17.5 Å². The molecule has 1 atom stereocenters. The van der Waals surface area contributed by atoms with Gasteiger partial charge in [0.2, 0.25) is 0 Å². The quantitative estimate of drug-likeness (QED) is 0.144. The Morgan fingerprint density at radius 2 is 0.613 bits per heavy atom. The highest BCUT2D eigenvalue weighted by Crippen LogP contribution is 2.35. The lowest BCUT2D eigenvalue weighted by atomic mass is 9.94. The zero-order valence-electron chi connectivity index (χ0n) is 34.3. The fourth-order valence-corrected chi connectivity index (χ4v) is 13.3. The van der Waals surface area contributed by atoms with Crippen LogP contribution in [0.1, 0.15) is 0 Å². The summed E-state index contributed by atoms with van der Waals surface area (Å²) < 4.78 is 0. The first-order valence-electron chi connectivity index (χ1n) is 21.2. The van der Waals surface area contributed by atoms with Gasteiger partial charge in [-0.25, -0.2) is 15.0 Å². The Morgan fingerprint density at radius 3 is 1.21 bits per heavy atom. The van der Waals surface area contributed by atoms with Crippen molar-refractivity contribution in [3.63, 3.8) is 0 Å². The summed E-state index contributed by atoms with van der Waals surface area (Å²) in [6.07, 6.45) is 0. The van der Waals surface area contributed by atoms with Crippen LogP contribution in [0.25, 0.3) is 89.8 Å². The fraction of sp³-hybridized carbons (Fsp3) is 0.0172. The van der Waals surface area contributed by atoms with Crippen LogP contribution < -0.4 is 15.6 Å². The summed E-state index contributed by atoms with van der Waals surface area (Å²) in [6.45, 7) is 2.51. The fourth-order valence-electron chi connectivity index (χ4n) is 9.15. The van der Waals surface area contributed by atoms with Gasteiger partial charge >= 0.3 is 0 Å². The molecule has 0 saturated carbocycles. The van der Waals surface area contributed by atoms with Gasteiger partial charge in [-0.15, -0.1) is 0 Å². The Bertz CT molecular complexity index is 3240. The van der Waals surface area contributed by atoms with Crippen molar-refractivity contribution in [1.29, 1.82) is 0 Å². The predicted octanol–water partition coefficient (Wildman–Crippen LogP) is 12.6. The molecule has 9 aromatic carbocycles. The maximum Gasteiger partial charge on any atom is 0.164 e. The summed E-state index contributed by atoms with van der Waals surface area (Å²) in [5.41, 5.74) is 14.9. The number of hydrogen-bond donors (Lipinski definition) is 0. The lowest BCUT2D eigenvalue weighted by molar-refractivity contribution is 1.07. The minimum absolute atomic E-state index is 0.637. The van der Waals surface area contributed by atoms with Gasteiger partial charge in [0.25, 0.3) is 0 Å². The average molecular weight is 808 g/mol. The third-order valence-electron chi connectivity index (χ3n) is 12.4. The summed E-state index contributed by atoms with van der Waals surface area (Å²) in [6, 6.07) is 82.6. The van der Waals surface area contributed by atoms with E-state index in [1.807, 2.05) is 36.4 Å². The molecule has 1 unspecified atom stereocenters. The number of benzene rings is 9. The van der Waals surface area contributed by atoms with Crippen molar-refractivity contribution >= 4 is 23.6 Å². The van der Waals surface area contributed by atoms with Crippen LogP contribution in [0.4, 0.5) is 0 Å². The summed E-state index contributed by atoms with van der Waals surface area (Å²) in [5, 5.41) is 4.44. The zero-order valence-corrected chi connectivity index (χ0v) is 35.3. The van der Waals surface area contributed by atoms with E-state index in [0.717, 1.165) is 38.9 Å². The van der Waals surface area contributed by atoms with Crippen molar-refractivity contribution in [1.82, 2.24) is 15.0 Å². The highest BCUT2D eigenvalue weighted by Gasteiger charge is 2.42. The monoisotopic (exact) mass is 807 g/mol. The van der Waals surface area contributed by atoms with Crippen LogP contribution in [0.15, 0.2) is 231 Å². The Morgan fingerprint density at radius 1 is 0.258 bits per heavy atom. The van der Waals surface area contributed by atoms with Gasteiger partial charge in [-0.05, 0) is 95.5 Å². The first-order valence-corrected chi connectivity index (χ1v) is 23.7. The molecule has 0 bridgehead atoms. The molecule has 1 aromatic heterocycles. The second kappa shape index (κ2) is 15.7. The van der Waals surface area contributed by atoms with E-state index in [9.17, 15) is 0 Å². The van der Waals surface area contributed by atoms with Crippen LogP contribution in [-0.2, 0) is 0 Å². The molecule has 292 valence electrons. The topological polar surface area (TPSA) is 38.7 Å². The van der Waals surface area contributed by atoms with Crippen LogP contribution in [0.3, 0.4) is 0 Å². The minimum atomic E-state index is -2.11. The Kier molecular flexibility index (Phi) is 9.41. The number of rotatable bonds is 8. The highest BCUT2D eigenvalue weighted by atomic mass is 28.3. The van der Waals surface area contributed by atoms with E-state index in [2.05, 4.69) is 201 Å². The molecular weight excluding hydrogens is 767 g/mol. The van der Waals surface area contributed by atoms with Crippen LogP contribution in [0, 0.1) is 0 Å². The molecule has 0 spiro atoms. The molecule has 0 amide bonds. The van der Waals surface area contributed by atoms with Gasteiger partial charge in [-0.1, -0.05) is 213 Å². The number of nitrogens with zero attached hydrogens (tertiary/aromatic N) is 3. The van der Waals surface area contributed by atoms with Gasteiger partial charge in [0.05, 0.1) is 0 Å². The van der Waals surface area contributed by atoms with E-state index in [1.165, 1.54) is 48.9 Å². The summed E-state index contributed by atoms with van der Waals surface area (Å²) >= 11 is 0. The number of aromatic nitrogens is 3. The molecule has 2 heterocycles. The van der Waals surface area contributed by atoms with Gasteiger partial charge < -0.3 is 0 Å². The van der Waals surface area contributed by atoms with Gasteiger partial charge in [-0.2, -0.15) is 0 Å². The maximum absolute atomic E-state index is 5.05. The third-order valence-corrected chi connectivity index (χ3v) is 16.9. The summed E-state index contributed by atoms with van der Waals surface area (Å²) in [7, 11) is -2.11. The number of hydrogen-bond acceptors (Lipinski definition) is 3. The molecule has 1 aliphatic heterocycles. The summed E-state index contributed by atoms with van der Waals surface area (Å²) in [4.78, 5) is 15.0. The molecular formula is C58H41N3Si. The first kappa shape index (κ1) is 37.2. The first-order chi connectivity index (χ1) is 30.6. The van der Waals surface area contributed by atoms with Crippen molar-refractivity contribution in [3.05, 3.63) is 231 Å². The van der Waals surface area contributed by atoms with Gasteiger partial charge in [-0.3, -0.25) is 0 Å². The van der Waals surface area contributed by atoms with Crippen LogP contribution in [0.5, 0.6) is 0 Å². The molecule has 0 aliphatic carbocycles. The smallest absolute Gasteiger partial charge is 0.164 e. The maximum atomic E-state index is 5.05. The SMILES string of the molecule is C[Si]1(c2ccccc2)c2ccccc2-c2cc(-c3cccc(-c4cccc(-c5ccc(-c6nc(-c7ccccc7)nc(-c7cccc(-c8ccccc8)c7)n6)cc5)c4)c3)ccc21. The van der Waals surface area contributed by atoms with Crippen LogP contribution in [0.2, 0.25) is 6.55 Å². The molecule has 3 nitrogen and oxygen atoms in total.